The van der Waals surface area contributed by atoms with E-state index in [-0.39, 0.29) is 11.3 Å². The molecule has 0 unspecified atom stereocenters. The fourth-order valence-electron chi connectivity index (χ4n) is 2.20. The van der Waals surface area contributed by atoms with Crippen molar-refractivity contribution >= 4 is 32.7 Å². The smallest absolute Gasteiger partial charge is 0.387 e. The Hall–Kier alpha value is -2.47. The number of rotatable bonds is 4. The maximum absolute atomic E-state index is 12.1. The van der Waals surface area contributed by atoms with Gasteiger partial charge in [-0.1, -0.05) is 28.1 Å². The van der Waals surface area contributed by atoms with E-state index in [2.05, 4.69) is 20.7 Å². The zero-order valence-electron chi connectivity index (χ0n) is 12.2. The molecule has 6 heteroatoms. The third-order valence-electron chi connectivity index (χ3n) is 3.30. The van der Waals surface area contributed by atoms with Gasteiger partial charge >= 0.3 is 12.6 Å². The van der Waals surface area contributed by atoms with Gasteiger partial charge in [0.15, 0.2) is 0 Å². The molecule has 0 radical (unpaired) electrons. The van der Waals surface area contributed by atoms with Crippen LogP contribution in [0.2, 0.25) is 0 Å². The Morgan fingerprint density at radius 1 is 0.875 bits per heavy atom. The van der Waals surface area contributed by atoms with Crippen LogP contribution in [0.3, 0.4) is 0 Å². The summed E-state index contributed by atoms with van der Waals surface area (Å²) in [5, 5.41) is 1.95. The van der Waals surface area contributed by atoms with Gasteiger partial charge in [-0.2, -0.15) is 8.78 Å². The summed E-state index contributed by atoms with van der Waals surface area (Å²) in [6.07, 6.45) is 0. The van der Waals surface area contributed by atoms with Crippen LogP contribution in [-0.2, 0) is 0 Å². The van der Waals surface area contributed by atoms with Gasteiger partial charge in [0.2, 0.25) is 0 Å². The summed E-state index contributed by atoms with van der Waals surface area (Å²) < 4.78 is 34.7. The van der Waals surface area contributed by atoms with Crippen molar-refractivity contribution < 1.29 is 23.0 Å². The van der Waals surface area contributed by atoms with Crippen molar-refractivity contribution in [1.29, 1.82) is 0 Å². The third-order valence-corrected chi connectivity index (χ3v) is 3.79. The second-order valence-electron chi connectivity index (χ2n) is 4.95. The van der Waals surface area contributed by atoms with Crippen LogP contribution < -0.4 is 9.47 Å². The topological polar surface area (TPSA) is 35.5 Å². The highest BCUT2D eigenvalue weighted by molar-refractivity contribution is 9.10. The van der Waals surface area contributed by atoms with Crippen molar-refractivity contribution in [3.05, 3.63) is 70.7 Å². The summed E-state index contributed by atoms with van der Waals surface area (Å²) in [5.74, 6) is -0.185. The largest absolute Gasteiger partial charge is 0.435 e. The maximum Gasteiger partial charge on any atom is 0.387 e. The zero-order valence-corrected chi connectivity index (χ0v) is 13.8. The molecular weight excluding hydrogens is 382 g/mol. The first kappa shape index (κ1) is 16.4. The Morgan fingerprint density at radius 2 is 1.50 bits per heavy atom. The second kappa shape index (κ2) is 6.97. The molecule has 3 nitrogen and oxygen atoms in total. The van der Waals surface area contributed by atoms with Crippen molar-refractivity contribution in [2.45, 2.75) is 6.61 Å². The number of alkyl halides is 2. The van der Waals surface area contributed by atoms with Gasteiger partial charge in [-0.05, 0) is 59.3 Å². The normalized spacial score (nSPS) is 10.8. The molecule has 0 saturated heterocycles. The van der Waals surface area contributed by atoms with Crippen LogP contribution in [0.15, 0.2) is 65.1 Å². The van der Waals surface area contributed by atoms with E-state index in [0.717, 1.165) is 15.2 Å². The molecule has 0 aliphatic rings. The first-order valence-corrected chi connectivity index (χ1v) is 7.77. The minimum absolute atomic E-state index is 0.0159. The second-order valence-corrected chi connectivity index (χ2v) is 5.86. The summed E-state index contributed by atoms with van der Waals surface area (Å²) in [6.45, 7) is -2.90. The quantitative estimate of drug-likeness (QED) is 0.439. The van der Waals surface area contributed by atoms with E-state index in [1.54, 1.807) is 12.1 Å². The number of hydrogen-bond acceptors (Lipinski definition) is 3. The molecule has 0 fully saturated rings. The van der Waals surface area contributed by atoms with E-state index < -0.39 is 12.6 Å². The number of carbonyl (C=O) groups is 1. The summed E-state index contributed by atoms with van der Waals surface area (Å²) in [7, 11) is 0. The Morgan fingerprint density at radius 3 is 2.21 bits per heavy atom. The van der Waals surface area contributed by atoms with Crippen molar-refractivity contribution in [2.24, 2.45) is 0 Å². The van der Waals surface area contributed by atoms with Crippen molar-refractivity contribution in [2.75, 3.05) is 0 Å². The van der Waals surface area contributed by atoms with Gasteiger partial charge in [0.05, 0.1) is 5.56 Å². The van der Waals surface area contributed by atoms with E-state index in [9.17, 15) is 13.6 Å². The van der Waals surface area contributed by atoms with E-state index >= 15 is 0 Å². The Bertz CT molecular complexity index is 879. The number of hydrogen-bond donors (Lipinski definition) is 0. The predicted octanol–water partition coefficient (Wildman–Crippen LogP) is 5.42. The van der Waals surface area contributed by atoms with Crippen LogP contribution >= 0.6 is 15.9 Å². The Labute approximate surface area is 144 Å². The van der Waals surface area contributed by atoms with Gasteiger partial charge in [-0.25, -0.2) is 4.79 Å². The van der Waals surface area contributed by atoms with Gasteiger partial charge in [0.25, 0.3) is 0 Å². The average Bonchev–Trinajstić information content (AvgIpc) is 2.55. The molecule has 0 aliphatic carbocycles. The minimum Gasteiger partial charge on any atom is -0.435 e. The molecule has 0 spiro atoms. The number of halogens is 3. The van der Waals surface area contributed by atoms with Crippen LogP contribution in [0.25, 0.3) is 10.8 Å². The molecule has 0 atom stereocenters. The van der Waals surface area contributed by atoms with Gasteiger partial charge < -0.3 is 9.47 Å². The summed E-state index contributed by atoms with van der Waals surface area (Å²) in [6, 6.07) is 16.4. The van der Waals surface area contributed by atoms with Crippen LogP contribution in [0.4, 0.5) is 8.78 Å². The molecule has 0 amide bonds. The zero-order chi connectivity index (χ0) is 17.1. The van der Waals surface area contributed by atoms with Crippen LogP contribution in [0.5, 0.6) is 11.5 Å². The lowest BCUT2D eigenvalue weighted by Gasteiger charge is -2.07. The van der Waals surface area contributed by atoms with E-state index in [1.165, 1.54) is 24.3 Å². The number of benzene rings is 3. The van der Waals surface area contributed by atoms with Gasteiger partial charge in [0, 0.05) is 4.47 Å². The van der Waals surface area contributed by atoms with E-state index in [4.69, 9.17) is 4.74 Å². The fraction of sp³-hybridized carbons (Fsp3) is 0.0556. The minimum atomic E-state index is -2.90. The molecule has 0 saturated carbocycles. The summed E-state index contributed by atoms with van der Waals surface area (Å²) in [5.41, 5.74) is 0.243. The highest BCUT2D eigenvalue weighted by atomic mass is 79.9. The standard InChI is InChI=1S/C18H11BrF2O3/c19-14-5-1-13-10-16(8-4-12(13)9-14)23-17(22)11-2-6-15(7-3-11)24-18(20)21/h1-10,18H. The molecule has 0 aromatic heterocycles. The summed E-state index contributed by atoms with van der Waals surface area (Å²) in [4.78, 5) is 12.1. The number of esters is 1. The molecule has 0 bridgehead atoms. The monoisotopic (exact) mass is 392 g/mol. The first-order chi connectivity index (χ1) is 11.5. The fourth-order valence-corrected chi connectivity index (χ4v) is 2.58. The Kier molecular flexibility index (Phi) is 4.76. The lowest BCUT2D eigenvalue weighted by Crippen LogP contribution is -2.08. The van der Waals surface area contributed by atoms with Gasteiger partial charge in [-0.3, -0.25) is 0 Å². The molecular formula is C18H11BrF2O3. The number of ether oxygens (including phenoxy) is 2. The number of carbonyl (C=O) groups excluding carboxylic acids is 1. The molecule has 0 heterocycles. The van der Waals surface area contributed by atoms with E-state index in [1.807, 2.05) is 24.3 Å². The molecule has 122 valence electrons. The molecule has 0 aliphatic heterocycles. The molecule has 24 heavy (non-hydrogen) atoms. The first-order valence-electron chi connectivity index (χ1n) is 6.98. The maximum atomic E-state index is 12.1. The predicted molar refractivity (Wildman–Crippen MR) is 89.7 cm³/mol. The highest BCUT2D eigenvalue weighted by Crippen LogP contribution is 2.25. The SMILES string of the molecule is O=C(Oc1ccc2cc(Br)ccc2c1)c1ccc(OC(F)F)cc1. The molecule has 3 aromatic carbocycles. The highest BCUT2D eigenvalue weighted by Gasteiger charge is 2.10. The van der Waals surface area contributed by atoms with Crippen LogP contribution in [0.1, 0.15) is 10.4 Å². The Balaban J connectivity index is 1.75. The molecule has 3 rings (SSSR count). The van der Waals surface area contributed by atoms with Crippen molar-refractivity contribution in [3.8, 4) is 11.5 Å². The lowest BCUT2D eigenvalue weighted by molar-refractivity contribution is -0.0498. The average molecular weight is 393 g/mol. The van der Waals surface area contributed by atoms with E-state index in [0.29, 0.717) is 5.75 Å². The van der Waals surface area contributed by atoms with Gasteiger partial charge in [-0.15, -0.1) is 0 Å². The number of fused-ring (bicyclic) bond motifs is 1. The summed E-state index contributed by atoms with van der Waals surface area (Å²) >= 11 is 3.40. The van der Waals surface area contributed by atoms with Crippen molar-refractivity contribution in [1.82, 2.24) is 0 Å². The van der Waals surface area contributed by atoms with Crippen LogP contribution in [0, 0.1) is 0 Å². The molecule has 3 aromatic rings. The van der Waals surface area contributed by atoms with Gasteiger partial charge in [0.1, 0.15) is 11.5 Å². The third kappa shape index (κ3) is 3.89. The molecule has 0 N–H and O–H groups in total. The van der Waals surface area contributed by atoms with Crippen molar-refractivity contribution in [3.63, 3.8) is 0 Å². The van der Waals surface area contributed by atoms with Crippen LogP contribution in [-0.4, -0.2) is 12.6 Å². The lowest BCUT2D eigenvalue weighted by atomic mass is 10.1.